The standard InChI is InChI=1S/C36H45NO14/c1-7-36(46)13-22(50-23-11-18(37(4)5)34(15(3)49-23)51-24-12-21(40)30(41)14(2)48-24)25-16(29(36)35(45)47-6)10-17-26(32(25)43)33(44)28-20(39)9-8-19(38)27(28)31(17)42/h8-10,14-15,18,21-24,29-30,34,38-41,43,46H,7,11-13H2,1-6H3/t14-,15+,18-,21-,22-,23-,24+,29-,30+,34+,36+/m0/s1. The van der Waals surface area contributed by atoms with Crippen molar-refractivity contribution < 1.29 is 68.7 Å². The lowest BCUT2D eigenvalue weighted by molar-refractivity contribution is -0.310. The summed E-state index contributed by atoms with van der Waals surface area (Å²) in [5, 5.41) is 65.4. The van der Waals surface area contributed by atoms with Gasteiger partial charge >= 0.3 is 5.97 Å². The van der Waals surface area contributed by atoms with Gasteiger partial charge in [0.15, 0.2) is 18.4 Å². The van der Waals surface area contributed by atoms with Crippen LogP contribution in [0.3, 0.4) is 0 Å². The zero-order valence-electron chi connectivity index (χ0n) is 29.2. The Balaban J connectivity index is 1.39. The number of methoxy groups -OCH3 is 1. The van der Waals surface area contributed by atoms with Gasteiger partial charge in [0.05, 0.1) is 53.8 Å². The molecule has 2 aromatic carbocycles. The van der Waals surface area contributed by atoms with Gasteiger partial charge < -0.3 is 59.2 Å². The van der Waals surface area contributed by atoms with Crippen LogP contribution in [0.25, 0.3) is 0 Å². The fraction of sp³-hybridized carbons (Fsp3) is 0.583. The van der Waals surface area contributed by atoms with E-state index in [1.165, 1.54) is 6.07 Å². The Hall–Kier alpha value is -3.67. The number of phenolic OH excluding ortho intramolecular Hbond substituents is 3. The average Bonchev–Trinajstić information content (AvgIpc) is 3.07. The quantitative estimate of drug-likeness (QED) is 0.152. The second kappa shape index (κ2) is 13.7. The molecular formula is C36H45NO14. The number of ketones is 2. The monoisotopic (exact) mass is 715 g/mol. The van der Waals surface area contributed by atoms with Crippen molar-refractivity contribution in [3.8, 4) is 17.2 Å². The van der Waals surface area contributed by atoms with Gasteiger partial charge in [0.1, 0.15) is 35.4 Å². The SMILES string of the molecule is CC[C@@]1(O)C[C@H](O[C@H]2C[C@H](N(C)C)[C@H](O[C@@H]3C[C@H](O)[C@H](O)[C@H](C)O3)[C@@H](C)O2)c2c(cc3c(c2O)C(=O)c2c(O)ccc(O)c2C3=O)[C@H]1C(=O)OC. The zero-order chi connectivity index (χ0) is 37.3. The molecule has 2 heterocycles. The molecule has 15 nitrogen and oxygen atoms in total. The molecule has 0 bridgehead atoms. The summed E-state index contributed by atoms with van der Waals surface area (Å²) in [6.45, 7) is 5.08. The summed E-state index contributed by atoms with van der Waals surface area (Å²) in [6, 6.07) is 3.04. The van der Waals surface area contributed by atoms with Gasteiger partial charge in [-0.1, -0.05) is 6.92 Å². The van der Waals surface area contributed by atoms with Gasteiger partial charge in [-0.25, -0.2) is 0 Å². The first kappa shape index (κ1) is 37.1. The summed E-state index contributed by atoms with van der Waals surface area (Å²) in [5.41, 5.74) is -3.53. The summed E-state index contributed by atoms with van der Waals surface area (Å²) in [6.07, 6.45) is -6.80. The van der Waals surface area contributed by atoms with Crippen molar-refractivity contribution in [3.63, 3.8) is 0 Å². The molecule has 0 unspecified atom stereocenters. The van der Waals surface area contributed by atoms with Crippen molar-refractivity contribution in [2.45, 2.75) is 113 Å². The molecule has 0 spiro atoms. The van der Waals surface area contributed by atoms with E-state index < -0.39 is 112 Å². The number of esters is 1. The smallest absolute Gasteiger partial charge is 0.316 e. The molecule has 0 saturated carbocycles. The number of aromatic hydroxyl groups is 3. The van der Waals surface area contributed by atoms with Gasteiger partial charge in [0.2, 0.25) is 5.78 Å². The van der Waals surface area contributed by atoms with E-state index in [9.17, 15) is 45.0 Å². The number of benzene rings is 2. The highest BCUT2D eigenvalue weighted by Crippen LogP contribution is 2.54. The Morgan fingerprint density at radius 2 is 1.55 bits per heavy atom. The van der Waals surface area contributed by atoms with Crippen molar-refractivity contribution in [3.05, 3.63) is 51.6 Å². The van der Waals surface area contributed by atoms with Gasteiger partial charge in [0.25, 0.3) is 0 Å². The van der Waals surface area contributed by atoms with Gasteiger partial charge in [-0.05, 0) is 58.1 Å². The number of carbonyl (C=O) groups is 3. The first-order valence-corrected chi connectivity index (χ1v) is 17.0. The van der Waals surface area contributed by atoms with Gasteiger partial charge in [-0.2, -0.15) is 0 Å². The van der Waals surface area contributed by atoms with Crippen molar-refractivity contribution in [2.75, 3.05) is 21.2 Å². The van der Waals surface area contributed by atoms with Crippen LogP contribution in [0.1, 0.15) is 101 Å². The topological polar surface area (TPSA) is 222 Å². The molecule has 15 heteroatoms. The molecule has 11 atom stereocenters. The van der Waals surface area contributed by atoms with E-state index >= 15 is 0 Å². The predicted octanol–water partition coefficient (Wildman–Crippen LogP) is 1.74. The maximum atomic E-state index is 13.9. The second-order valence-electron chi connectivity index (χ2n) is 14.1. The van der Waals surface area contributed by atoms with Crippen LogP contribution >= 0.6 is 0 Å². The molecule has 0 amide bonds. The zero-order valence-corrected chi connectivity index (χ0v) is 29.2. The Labute approximate surface area is 294 Å². The number of carbonyl (C=O) groups excluding carboxylic acids is 3. The van der Waals surface area contributed by atoms with Crippen LogP contribution in [0.4, 0.5) is 0 Å². The first-order valence-electron chi connectivity index (χ1n) is 17.0. The van der Waals surface area contributed by atoms with E-state index in [0.29, 0.717) is 0 Å². The maximum Gasteiger partial charge on any atom is 0.316 e. The van der Waals surface area contributed by atoms with Crippen LogP contribution in [-0.2, 0) is 28.5 Å². The van der Waals surface area contributed by atoms with Crippen molar-refractivity contribution in [1.29, 1.82) is 0 Å². The number of phenols is 3. The van der Waals surface area contributed by atoms with Gasteiger partial charge in [0, 0.05) is 36.4 Å². The third-order valence-corrected chi connectivity index (χ3v) is 10.8. The predicted molar refractivity (Wildman–Crippen MR) is 175 cm³/mol. The van der Waals surface area contributed by atoms with E-state index in [1.54, 1.807) is 20.8 Å². The minimum Gasteiger partial charge on any atom is -0.507 e. The maximum absolute atomic E-state index is 13.9. The van der Waals surface area contributed by atoms with Gasteiger partial charge in [-0.15, -0.1) is 0 Å². The van der Waals surface area contributed by atoms with E-state index in [2.05, 4.69) is 0 Å². The summed E-state index contributed by atoms with van der Waals surface area (Å²) < 4.78 is 30.0. The molecule has 6 rings (SSSR count). The lowest BCUT2D eigenvalue weighted by atomic mass is 9.67. The highest BCUT2D eigenvalue weighted by molar-refractivity contribution is 6.31. The Morgan fingerprint density at radius 1 is 0.941 bits per heavy atom. The highest BCUT2D eigenvalue weighted by Gasteiger charge is 2.53. The number of hydrogen-bond donors (Lipinski definition) is 6. The highest BCUT2D eigenvalue weighted by atomic mass is 16.7. The Kier molecular flexibility index (Phi) is 9.97. The molecule has 278 valence electrons. The summed E-state index contributed by atoms with van der Waals surface area (Å²) in [4.78, 5) is 42.9. The number of aliphatic hydroxyl groups is 3. The lowest BCUT2D eigenvalue weighted by Crippen LogP contribution is -2.57. The molecule has 0 radical (unpaired) electrons. The van der Waals surface area contributed by atoms with Crippen LogP contribution in [0.5, 0.6) is 17.2 Å². The fourth-order valence-electron chi connectivity index (χ4n) is 8.03. The molecular weight excluding hydrogens is 670 g/mol. The second-order valence-corrected chi connectivity index (χ2v) is 14.1. The molecule has 51 heavy (non-hydrogen) atoms. The molecule has 2 saturated heterocycles. The van der Waals surface area contributed by atoms with Crippen LogP contribution in [0.15, 0.2) is 18.2 Å². The third-order valence-electron chi connectivity index (χ3n) is 10.8. The minimum atomic E-state index is -1.79. The third kappa shape index (κ3) is 6.18. The molecule has 2 fully saturated rings. The first-order chi connectivity index (χ1) is 24.0. The molecule has 6 N–H and O–H groups in total. The van der Waals surface area contributed by atoms with Crippen LogP contribution in [0.2, 0.25) is 0 Å². The van der Waals surface area contributed by atoms with E-state index in [0.717, 1.165) is 19.2 Å². The minimum absolute atomic E-state index is 0.00137. The number of ether oxygens (including phenoxy) is 5. The van der Waals surface area contributed by atoms with Crippen molar-refractivity contribution in [1.82, 2.24) is 4.90 Å². The number of nitrogens with zero attached hydrogens (tertiary/aromatic N) is 1. The lowest BCUT2D eigenvalue weighted by Gasteiger charge is -2.48. The summed E-state index contributed by atoms with van der Waals surface area (Å²) in [7, 11) is 4.83. The average molecular weight is 716 g/mol. The Bertz CT molecular complexity index is 1720. The number of likely N-dealkylation sites (N-methyl/N-ethyl adjacent to an activating group) is 1. The van der Waals surface area contributed by atoms with Gasteiger partial charge in [-0.3, -0.25) is 14.4 Å². The normalized spacial score (nSPS) is 34.9. The van der Waals surface area contributed by atoms with Crippen molar-refractivity contribution >= 4 is 17.5 Å². The van der Waals surface area contributed by atoms with E-state index in [4.69, 9.17) is 23.7 Å². The summed E-state index contributed by atoms with van der Waals surface area (Å²) >= 11 is 0. The molecule has 2 aliphatic heterocycles. The molecule has 2 aliphatic carbocycles. The number of rotatable bonds is 7. The van der Waals surface area contributed by atoms with Crippen LogP contribution < -0.4 is 0 Å². The molecule has 0 aromatic heterocycles. The summed E-state index contributed by atoms with van der Waals surface area (Å²) in [5.74, 6) is -5.85. The van der Waals surface area contributed by atoms with Crippen LogP contribution in [-0.4, -0.2) is 129 Å². The van der Waals surface area contributed by atoms with Crippen molar-refractivity contribution in [2.24, 2.45) is 0 Å². The van der Waals surface area contributed by atoms with Crippen LogP contribution in [0, 0.1) is 0 Å². The number of hydrogen-bond acceptors (Lipinski definition) is 15. The number of fused-ring (bicyclic) bond motifs is 3. The Morgan fingerprint density at radius 3 is 2.14 bits per heavy atom. The number of aliphatic hydroxyl groups excluding tert-OH is 2. The fourth-order valence-corrected chi connectivity index (χ4v) is 8.03. The van der Waals surface area contributed by atoms with E-state index in [-0.39, 0.29) is 48.4 Å². The van der Waals surface area contributed by atoms with E-state index in [1.807, 2.05) is 19.0 Å². The largest absolute Gasteiger partial charge is 0.507 e. The molecule has 4 aliphatic rings. The molecule has 2 aromatic rings.